The Balaban J connectivity index is 1.57. The number of hydrogen-bond acceptors (Lipinski definition) is 2. The van der Waals surface area contributed by atoms with Crippen molar-refractivity contribution in [3.05, 3.63) is 30.3 Å². The first kappa shape index (κ1) is 13.5. The van der Waals surface area contributed by atoms with E-state index in [0.29, 0.717) is 18.4 Å². The molecular weight excluding hydrogens is 250 g/mol. The summed E-state index contributed by atoms with van der Waals surface area (Å²) in [6.07, 6.45) is 5.43. The molecular formula is C17H23NO2. The summed E-state index contributed by atoms with van der Waals surface area (Å²) in [6, 6.07) is 9.98. The van der Waals surface area contributed by atoms with E-state index in [9.17, 15) is 4.79 Å². The van der Waals surface area contributed by atoms with Crippen LogP contribution in [0.3, 0.4) is 0 Å². The molecule has 2 aliphatic rings. The summed E-state index contributed by atoms with van der Waals surface area (Å²) in [5.74, 6) is 2.37. The Morgan fingerprint density at radius 2 is 2.10 bits per heavy atom. The first-order chi connectivity index (χ1) is 9.76. The Kier molecular flexibility index (Phi) is 3.95. The number of amides is 1. The van der Waals surface area contributed by atoms with Gasteiger partial charge in [0, 0.05) is 6.04 Å². The smallest absolute Gasteiger partial charge is 0.261 e. The number of hydrogen-bond donors (Lipinski definition) is 1. The summed E-state index contributed by atoms with van der Waals surface area (Å²) in [5, 5.41) is 3.22. The van der Waals surface area contributed by atoms with Crippen LogP contribution in [0.2, 0.25) is 0 Å². The third-order valence-corrected chi connectivity index (χ3v) is 4.75. The van der Waals surface area contributed by atoms with Crippen molar-refractivity contribution in [3.8, 4) is 5.75 Å². The highest BCUT2D eigenvalue weighted by molar-refractivity contribution is 5.81. The number of carbonyl (C=O) groups excluding carboxylic acids is 1. The van der Waals surface area contributed by atoms with E-state index in [1.807, 2.05) is 37.3 Å². The molecule has 3 rings (SSSR count). The summed E-state index contributed by atoms with van der Waals surface area (Å²) in [5.41, 5.74) is 0. The molecule has 0 radical (unpaired) electrons. The minimum absolute atomic E-state index is 0.0499. The van der Waals surface area contributed by atoms with Crippen molar-refractivity contribution < 1.29 is 9.53 Å². The molecule has 20 heavy (non-hydrogen) atoms. The minimum atomic E-state index is -0.378. The van der Waals surface area contributed by atoms with Gasteiger partial charge in [-0.3, -0.25) is 4.79 Å². The van der Waals surface area contributed by atoms with Gasteiger partial charge in [-0.2, -0.15) is 0 Å². The van der Waals surface area contributed by atoms with E-state index in [0.717, 1.165) is 18.1 Å². The largest absolute Gasteiger partial charge is 0.481 e. The molecule has 0 aliphatic heterocycles. The SMILES string of the molecule is CC[C@@H](Oc1ccccc1)C(=O)N[C@@H]1C[C@H]2CC[C@H]1C2. The molecule has 1 aromatic rings. The Labute approximate surface area is 120 Å². The van der Waals surface area contributed by atoms with Gasteiger partial charge in [0.25, 0.3) is 5.91 Å². The maximum atomic E-state index is 12.4. The third kappa shape index (κ3) is 2.82. The van der Waals surface area contributed by atoms with Crippen LogP contribution in [0.15, 0.2) is 30.3 Å². The van der Waals surface area contributed by atoms with E-state index >= 15 is 0 Å². The lowest BCUT2D eigenvalue weighted by molar-refractivity contribution is -0.129. The highest BCUT2D eigenvalue weighted by atomic mass is 16.5. The van der Waals surface area contributed by atoms with Crippen molar-refractivity contribution in [2.24, 2.45) is 11.8 Å². The van der Waals surface area contributed by atoms with E-state index in [4.69, 9.17) is 4.74 Å². The maximum Gasteiger partial charge on any atom is 0.261 e. The van der Waals surface area contributed by atoms with Crippen molar-refractivity contribution in [2.45, 2.75) is 51.2 Å². The normalized spacial score (nSPS) is 29.1. The zero-order valence-corrected chi connectivity index (χ0v) is 12.0. The van der Waals surface area contributed by atoms with Crippen molar-refractivity contribution in [1.29, 1.82) is 0 Å². The van der Waals surface area contributed by atoms with Gasteiger partial charge in [-0.15, -0.1) is 0 Å². The summed E-state index contributed by atoms with van der Waals surface area (Å²) in [7, 11) is 0. The van der Waals surface area contributed by atoms with Gasteiger partial charge in [0.15, 0.2) is 6.10 Å². The molecule has 0 heterocycles. The van der Waals surface area contributed by atoms with E-state index in [1.54, 1.807) is 0 Å². The first-order valence-corrected chi connectivity index (χ1v) is 7.78. The van der Waals surface area contributed by atoms with Gasteiger partial charge in [-0.1, -0.05) is 31.5 Å². The predicted octanol–water partition coefficient (Wildman–Crippen LogP) is 3.15. The van der Waals surface area contributed by atoms with Crippen LogP contribution in [0.5, 0.6) is 5.75 Å². The Morgan fingerprint density at radius 1 is 1.30 bits per heavy atom. The number of nitrogens with one attached hydrogen (secondary N) is 1. The molecule has 3 nitrogen and oxygen atoms in total. The Hall–Kier alpha value is -1.51. The molecule has 1 aromatic carbocycles. The average Bonchev–Trinajstić information content (AvgIpc) is 3.08. The number of para-hydroxylation sites is 1. The number of rotatable bonds is 5. The number of carbonyl (C=O) groups is 1. The molecule has 2 fully saturated rings. The molecule has 4 atom stereocenters. The minimum Gasteiger partial charge on any atom is -0.481 e. The quantitative estimate of drug-likeness (QED) is 0.895. The van der Waals surface area contributed by atoms with Gasteiger partial charge in [-0.25, -0.2) is 0 Å². The molecule has 108 valence electrons. The zero-order valence-electron chi connectivity index (χ0n) is 12.0. The molecule has 2 aliphatic carbocycles. The van der Waals surface area contributed by atoms with Crippen LogP contribution in [0.1, 0.15) is 39.0 Å². The lowest BCUT2D eigenvalue weighted by Gasteiger charge is -2.25. The monoisotopic (exact) mass is 273 g/mol. The van der Waals surface area contributed by atoms with Gasteiger partial charge < -0.3 is 10.1 Å². The fraction of sp³-hybridized carbons (Fsp3) is 0.588. The standard InChI is InChI=1S/C17H23NO2/c1-2-16(20-14-6-4-3-5-7-14)17(19)18-15-11-12-8-9-13(15)10-12/h3-7,12-13,15-16H,2,8-11H2,1H3,(H,18,19)/t12-,13-,15+,16+/m0/s1. The van der Waals surface area contributed by atoms with Crippen molar-refractivity contribution in [3.63, 3.8) is 0 Å². The van der Waals surface area contributed by atoms with Crippen LogP contribution in [-0.2, 0) is 4.79 Å². The van der Waals surface area contributed by atoms with Crippen LogP contribution in [0, 0.1) is 11.8 Å². The summed E-state index contributed by atoms with van der Waals surface area (Å²) in [6.45, 7) is 1.99. The second-order valence-electron chi connectivity index (χ2n) is 6.12. The van der Waals surface area contributed by atoms with Crippen LogP contribution in [0.4, 0.5) is 0 Å². The maximum absolute atomic E-state index is 12.4. The molecule has 0 aromatic heterocycles. The Bertz CT molecular complexity index is 459. The molecule has 2 bridgehead atoms. The highest BCUT2D eigenvalue weighted by Gasteiger charge is 2.40. The molecule has 1 amide bonds. The molecule has 1 N–H and O–H groups in total. The molecule has 0 saturated heterocycles. The van der Waals surface area contributed by atoms with Crippen molar-refractivity contribution >= 4 is 5.91 Å². The average molecular weight is 273 g/mol. The van der Waals surface area contributed by atoms with Gasteiger partial charge in [-0.05, 0) is 49.7 Å². The molecule has 0 unspecified atom stereocenters. The molecule has 2 saturated carbocycles. The second kappa shape index (κ2) is 5.86. The molecule has 3 heteroatoms. The predicted molar refractivity (Wildman–Crippen MR) is 78.5 cm³/mol. The summed E-state index contributed by atoms with van der Waals surface area (Å²) in [4.78, 5) is 12.4. The zero-order chi connectivity index (χ0) is 13.9. The van der Waals surface area contributed by atoms with Gasteiger partial charge in [0.1, 0.15) is 5.75 Å². The summed E-state index contributed by atoms with van der Waals surface area (Å²) >= 11 is 0. The van der Waals surface area contributed by atoms with Gasteiger partial charge >= 0.3 is 0 Å². The third-order valence-electron chi connectivity index (χ3n) is 4.75. The van der Waals surface area contributed by atoms with Crippen LogP contribution >= 0.6 is 0 Å². The van der Waals surface area contributed by atoms with Crippen molar-refractivity contribution in [2.75, 3.05) is 0 Å². The fourth-order valence-corrected chi connectivity index (χ4v) is 3.68. The van der Waals surface area contributed by atoms with Crippen LogP contribution < -0.4 is 10.1 Å². The first-order valence-electron chi connectivity index (χ1n) is 7.78. The lowest BCUT2D eigenvalue weighted by atomic mass is 9.95. The van der Waals surface area contributed by atoms with E-state index in [1.165, 1.54) is 19.3 Å². The van der Waals surface area contributed by atoms with Crippen molar-refractivity contribution in [1.82, 2.24) is 5.32 Å². The molecule has 0 spiro atoms. The Morgan fingerprint density at radius 3 is 2.70 bits per heavy atom. The highest BCUT2D eigenvalue weighted by Crippen LogP contribution is 2.44. The van der Waals surface area contributed by atoms with Crippen LogP contribution in [-0.4, -0.2) is 18.1 Å². The van der Waals surface area contributed by atoms with Gasteiger partial charge in [0.2, 0.25) is 0 Å². The van der Waals surface area contributed by atoms with E-state index < -0.39 is 0 Å². The number of benzene rings is 1. The topological polar surface area (TPSA) is 38.3 Å². The fourth-order valence-electron chi connectivity index (χ4n) is 3.68. The summed E-state index contributed by atoms with van der Waals surface area (Å²) < 4.78 is 5.80. The van der Waals surface area contributed by atoms with E-state index in [-0.39, 0.29) is 12.0 Å². The number of fused-ring (bicyclic) bond motifs is 2. The number of ether oxygens (including phenoxy) is 1. The van der Waals surface area contributed by atoms with Gasteiger partial charge in [0.05, 0.1) is 0 Å². The second-order valence-corrected chi connectivity index (χ2v) is 6.12. The van der Waals surface area contributed by atoms with E-state index in [2.05, 4.69) is 5.32 Å². The lowest BCUT2D eigenvalue weighted by Crippen LogP contribution is -2.45. The van der Waals surface area contributed by atoms with Crippen LogP contribution in [0.25, 0.3) is 0 Å².